The molecule has 6 nitrogen and oxygen atoms in total. The zero-order chi connectivity index (χ0) is 16.5. The molecule has 2 heterocycles. The number of nitrogens with zero attached hydrogens (tertiary/aromatic N) is 3. The van der Waals surface area contributed by atoms with Crippen LogP contribution in [0.25, 0.3) is 0 Å². The fourth-order valence-corrected chi connectivity index (χ4v) is 4.07. The number of amides is 1. The van der Waals surface area contributed by atoms with E-state index in [0.717, 1.165) is 18.5 Å². The van der Waals surface area contributed by atoms with Crippen molar-refractivity contribution in [2.24, 2.45) is 0 Å². The summed E-state index contributed by atoms with van der Waals surface area (Å²) in [5, 5.41) is 11.6. The van der Waals surface area contributed by atoms with Gasteiger partial charge in [-0.2, -0.15) is 5.10 Å². The van der Waals surface area contributed by atoms with Crippen molar-refractivity contribution >= 4 is 5.91 Å². The summed E-state index contributed by atoms with van der Waals surface area (Å²) >= 11 is 0. The predicted molar refractivity (Wildman–Crippen MR) is 88.8 cm³/mol. The van der Waals surface area contributed by atoms with Crippen molar-refractivity contribution in [3.63, 3.8) is 0 Å². The Bertz CT molecular complexity index is 740. The van der Waals surface area contributed by atoms with E-state index >= 15 is 0 Å². The first-order valence-electron chi connectivity index (χ1n) is 9.02. The molecule has 0 radical (unpaired) electrons. The first kappa shape index (κ1) is 15.4. The third-order valence-electron chi connectivity index (χ3n) is 5.37. The highest BCUT2D eigenvalue weighted by Crippen LogP contribution is 2.34. The maximum atomic E-state index is 12.3. The molecule has 4 rings (SSSR count). The molecule has 0 aromatic carbocycles. The molecular formula is C18H24N4O2. The summed E-state index contributed by atoms with van der Waals surface area (Å²) in [4.78, 5) is 12.3. The normalized spacial score (nSPS) is 17.9. The van der Waals surface area contributed by atoms with Crippen LogP contribution in [0.15, 0.2) is 10.7 Å². The Morgan fingerprint density at radius 1 is 1.29 bits per heavy atom. The highest BCUT2D eigenvalue weighted by Gasteiger charge is 2.27. The lowest BCUT2D eigenvalue weighted by Gasteiger charge is -2.18. The Labute approximate surface area is 141 Å². The molecule has 0 unspecified atom stereocenters. The standard InChI is InChI=1S/C18H24N4O2/c1-12-15(10-20-24-12)18(23)19-11-16-14-8-4-5-9-17(14)22(21-16)13-6-2-3-7-13/h10,13H,2-9,11H2,1H3,(H,19,23). The van der Waals surface area contributed by atoms with Gasteiger partial charge < -0.3 is 9.84 Å². The van der Waals surface area contributed by atoms with Crippen LogP contribution in [-0.4, -0.2) is 20.8 Å². The number of aromatic nitrogens is 3. The molecule has 2 aromatic heterocycles. The number of carbonyl (C=O) groups excluding carboxylic acids is 1. The fraction of sp³-hybridized carbons (Fsp3) is 0.611. The Morgan fingerprint density at radius 2 is 2.08 bits per heavy atom. The van der Waals surface area contributed by atoms with Gasteiger partial charge in [0.1, 0.15) is 11.3 Å². The molecule has 0 aliphatic heterocycles. The van der Waals surface area contributed by atoms with E-state index < -0.39 is 0 Å². The Hall–Kier alpha value is -2.11. The summed E-state index contributed by atoms with van der Waals surface area (Å²) in [6, 6.07) is 0.557. The number of aryl methyl sites for hydroxylation is 1. The van der Waals surface area contributed by atoms with Crippen molar-refractivity contribution in [3.05, 3.63) is 34.5 Å². The number of hydrogen-bond acceptors (Lipinski definition) is 4. The van der Waals surface area contributed by atoms with Gasteiger partial charge in [-0.1, -0.05) is 18.0 Å². The van der Waals surface area contributed by atoms with Gasteiger partial charge in [0.05, 0.1) is 24.5 Å². The summed E-state index contributed by atoms with van der Waals surface area (Å²) < 4.78 is 7.25. The third-order valence-corrected chi connectivity index (χ3v) is 5.37. The first-order valence-corrected chi connectivity index (χ1v) is 9.02. The lowest BCUT2D eigenvalue weighted by Crippen LogP contribution is -2.24. The average Bonchev–Trinajstić information content (AvgIpc) is 3.32. The molecule has 1 saturated carbocycles. The quantitative estimate of drug-likeness (QED) is 0.936. The maximum absolute atomic E-state index is 12.3. The van der Waals surface area contributed by atoms with E-state index in [2.05, 4.69) is 15.2 Å². The monoisotopic (exact) mass is 328 g/mol. The molecule has 2 aromatic rings. The summed E-state index contributed by atoms with van der Waals surface area (Å²) in [7, 11) is 0. The van der Waals surface area contributed by atoms with Gasteiger partial charge in [0, 0.05) is 5.69 Å². The van der Waals surface area contributed by atoms with Crippen LogP contribution in [0.4, 0.5) is 0 Å². The second kappa shape index (κ2) is 6.42. The smallest absolute Gasteiger partial charge is 0.256 e. The molecule has 2 aliphatic carbocycles. The molecule has 0 atom stereocenters. The third kappa shape index (κ3) is 2.74. The van der Waals surface area contributed by atoms with E-state index in [1.54, 1.807) is 6.92 Å². The van der Waals surface area contributed by atoms with Gasteiger partial charge in [0.25, 0.3) is 5.91 Å². The average molecular weight is 328 g/mol. The van der Waals surface area contributed by atoms with Gasteiger partial charge in [-0.3, -0.25) is 9.48 Å². The van der Waals surface area contributed by atoms with Crippen molar-refractivity contribution in [2.75, 3.05) is 0 Å². The van der Waals surface area contributed by atoms with Crippen molar-refractivity contribution in [1.82, 2.24) is 20.3 Å². The second-order valence-electron chi connectivity index (χ2n) is 6.94. The molecule has 0 saturated heterocycles. The SMILES string of the molecule is Cc1oncc1C(=O)NCc1nn(C2CCCC2)c2c1CCCC2. The molecule has 24 heavy (non-hydrogen) atoms. The number of nitrogens with one attached hydrogen (secondary N) is 1. The first-order chi connectivity index (χ1) is 11.7. The van der Waals surface area contributed by atoms with Crippen LogP contribution in [-0.2, 0) is 19.4 Å². The van der Waals surface area contributed by atoms with Crippen LogP contribution in [0, 0.1) is 6.92 Å². The maximum Gasteiger partial charge on any atom is 0.256 e. The van der Waals surface area contributed by atoms with Crippen LogP contribution in [0.5, 0.6) is 0 Å². The Morgan fingerprint density at radius 3 is 2.83 bits per heavy atom. The zero-order valence-corrected chi connectivity index (χ0v) is 14.2. The summed E-state index contributed by atoms with van der Waals surface area (Å²) in [5.74, 6) is 0.403. The summed E-state index contributed by atoms with van der Waals surface area (Å²) in [6.07, 6.45) is 11.2. The fourth-order valence-electron chi connectivity index (χ4n) is 4.07. The second-order valence-corrected chi connectivity index (χ2v) is 6.94. The molecule has 1 fully saturated rings. The minimum atomic E-state index is -0.145. The number of rotatable bonds is 4. The summed E-state index contributed by atoms with van der Waals surface area (Å²) in [5.41, 5.74) is 4.33. The molecule has 1 amide bonds. The highest BCUT2D eigenvalue weighted by molar-refractivity contribution is 5.94. The van der Waals surface area contributed by atoms with Gasteiger partial charge in [0.2, 0.25) is 0 Å². The Kier molecular flexibility index (Phi) is 4.12. The number of fused-ring (bicyclic) bond motifs is 1. The van der Waals surface area contributed by atoms with Crippen LogP contribution >= 0.6 is 0 Å². The highest BCUT2D eigenvalue weighted by atomic mass is 16.5. The summed E-state index contributed by atoms with van der Waals surface area (Å²) in [6.45, 7) is 2.23. The van der Waals surface area contributed by atoms with Crippen molar-refractivity contribution in [1.29, 1.82) is 0 Å². The largest absolute Gasteiger partial charge is 0.361 e. The number of carbonyl (C=O) groups is 1. The van der Waals surface area contributed by atoms with Gasteiger partial charge in [-0.15, -0.1) is 0 Å². The van der Waals surface area contributed by atoms with Crippen molar-refractivity contribution in [3.8, 4) is 0 Å². The molecule has 0 spiro atoms. The lowest BCUT2D eigenvalue weighted by atomic mass is 9.95. The van der Waals surface area contributed by atoms with E-state index in [1.807, 2.05) is 0 Å². The van der Waals surface area contributed by atoms with Gasteiger partial charge in [-0.25, -0.2) is 0 Å². The van der Waals surface area contributed by atoms with E-state index in [0.29, 0.717) is 23.9 Å². The van der Waals surface area contributed by atoms with Crippen LogP contribution in [0.3, 0.4) is 0 Å². The number of hydrogen-bond donors (Lipinski definition) is 1. The lowest BCUT2D eigenvalue weighted by molar-refractivity contribution is 0.0948. The van der Waals surface area contributed by atoms with E-state index in [1.165, 1.54) is 56.0 Å². The molecule has 1 N–H and O–H groups in total. The minimum Gasteiger partial charge on any atom is -0.361 e. The minimum absolute atomic E-state index is 0.145. The molecular weight excluding hydrogens is 304 g/mol. The van der Waals surface area contributed by atoms with E-state index in [-0.39, 0.29) is 5.91 Å². The molecule has 6 heteroatoms. The van der Waals surface area contributed by atoms with Gasteiger partial charge in [-0.05, 0) is 51.0 Å². The van der Waals surface area contributed by atoms with E-state index in [4.69, 9.17) is 9.62 Å². The van der Waals surface area contributed by atoms with Crippen LogP contribution in [0.2, 0.25) is 0 Å². The Balaban J connectivity index is 1.54. The van der Waals surface area contributed by atoms with Crippen molar-refractivity contribution in [2.45, 2.75) is 70.9 Å². The molecule has 128 valence electrons. The molecule has 0 bridgehead atoms. The topological polar surface area (TPSA) is 73.0 Å². The van der Waals surface area contributed by atoms with Crippen molar-refractivity contribution < 1.29 is 9.32 Å². The predicted octanol–water partition coefficient (Wildman–Crippen LogP) is 3.10. The zero-order valence-electron chi connectivity index (χ0n) is 14.2. The van der Waals surface area contributed by atoms with Crippen LogP contribution in [0.1, 0.15) is 77.6 Å². The van der Waals surface area contributed by atoms with Gasteiger partial charge in [0.15, 0.2) is 0 Å². The van der Waals surface area contributed by atoms with Crippen LogP contribution < -0.4 is 5.32 Å². The molecule has 2 aliphatic rings. The van der Waals surface area contributed by atoms with Gasteiger partial charge >= 0.3 is 0 Å². The van der Waals surface area contributed by atoms with E-state index in [9.17, 15) is 4.79 Å².